The summed E-state index contributed by atoms with van der Waals surface area (Å²) in [6, 6.07) is 8.12. The number of nitrogens with zero attached hydrogens (tertiary/aromatic N) is 2. The smallest absolute Gasteiger partial charge is 0.416 e. The highest BCUT2D eigenvalue weighted by atomic mass is 32.2. The lowest BCUT2D eigenvalue weighted by Crippen LogP contribution is -2.47. The second kappa shape index (κ2) is 7.96. The second-order valence-electron chi connectivity index (χ2n) is 7.25. The molecule has 2 aromatic rings. The minimum atomic E-state index is -4.43. The Morgan fingerprint density at radius 1 is 1.17 bits per heavy atom. The van der Waals surface area contributed by atoms with Crippen molar-refractivity contribution in [3.63, 3.8) is 0 Å². The van der Waals surface area contributed by atoms with Crippen molar-refractivity contribution < 1.29 is 27.1 Å². The van der Waals surface area contributed by atoms with Crippen LogP contribution in [0.5, 0.6) is 0 Å². The van der Waals surface area contributed by atoms with Gasteiger partial charge in [-0.15, -0.1) is 0 Å². The number of alkyl halides is 3. The zero-order valence-corrected chi connectivity index (χ0v) is 17.1. The SMILES string of the molecule is C[C@@H]1CN(C2=NC(=O)/C(=C\c3ccc(-c4cccc(C(F)(F)F)c4)o3)S2)C[C@H](C)O1. The Bertz CT molecular complexity index is 1020. The highest BCUT2D eigenvalue weighted by Crippen LogP contribution is 2.35. The Hall–Kier alpha value is -2.52. The molecule has 1 aromatic carbocycles. The number of carbonyl (C=O) groups excluding carboxylic acids is 1. The molecule has 3 heterocycles. The molecule has 1 amide bonds. The van der Waals surface area contributed by atoms with Gasteiger partial charge < -0.3 is 14.1 Å². The summed E-state index contributed by atoms with van der Waals surface area (Å²) in [5.74, 6) is 0.303. The summed E-state index contributed by atoms with van der Waals surface area (Å²) in [5.41, 5.74) is -0.432. The summed E-state index contributed by atoms with van der Waals surface area (Å²) in [7, 11) is 0. The molecule has 4 rings (SSSR count). The van der Waals surface area contributed by atoms with Crippen LogP contribution in [0.3, 0.4) is 0 Å². The number of ether oxygens (including phenoxy) is 1. The van der Waals surface area contributed by atoms with Crippen LogP contribution in [0.2, 0.25) is 0 Å². The average molecular weight is 436 g/mol. The van der Waals surface area contributed by atoms with E-state index in [-0.39, 0.29) is 18.1 Å². The van der Waals surface area contributed by atoms with Gasteiger partial charge in [-0.05, 0) is 49.9 Å². The summed E-state index contributed by atoms with van der Waals surface area (Å²) >= 11 is 1.26. The van der Waals surface area contributed by atoms with Crippen molar-refractivity contribution in [1.29, 1.82) is 0 Å². The van der Waals surface area contributed by atoms with Crippen molar-refractivity contribution in [2.75, 3.05) is 13.1 Å². The molecule has 2 aliphatic rings. The van der Waals surface area contributed by atoms with E-state index in [4.69, 9.17) is 9.15 Å². The molecule has 1 fully saturated rings. The molecule has 0 spiro atoms. The largest absolute Gasteiger partial charge is 0.457 e. The first-order chi connectivity index (χ1) is 14.2. The average Bonchev–Trinajstić information content (AvgIpc) is 3.28. The lowest BCUT2D eigenvalue weighted by atomic mass is 10.1. The molecule has 1 saturated heterocycles. The number of benzene rings is 1. The second-order valence-corrected chi connectivity index (χ2v) is 8.26. The third-order valence-electron chi connectivity index (χ3n) is 4.67. The van der Waals surface area contributed by atoms with Crippen LogP contribution in [0, 0.1) is 0 Å². The lowest BCUT2D eigenvalue weighted by Gasteiger charge is -2.35. The number of morpholine rings is 1. The quantitative estimate of drug-likeness (QED) is 0.617. The Labute approximate surface area is 175 Å². The molecule has 0 saturated carbocycles. The standard InChI is InChI=1S/C21H19F3N2O3S/c1-12-10-26(11-13(2)28-12)20-25-19(27)18(30-20)9-16-6-7-17(29-16)14-4-3-5-15(8-14)21(22,23)24/h3-9,12-13H,10-11H2,1-2H3/b18-9+/t12-,13+. The molecule has 0 unspecified atom stereocenters. The zero-order chi connectivity index (χ0) is 21.5. The van der Waals surface area contributed by atoms with Gasteiger partial charge in [0, 0.05) is 24.7 Å². The van der Waals surface area contributed by atoms with E-state index in [1.807, 2.05) is 18.7 Å². The number of rotatable bonds is 2. The highest BCUT2D eigenvalue weighted by molar-refractivity contribution is 8.18. The third kappa shape index (κ3) is 4.46. The van der Waals surface area contributed by atoms with E-state index < -0.39 is 11.7 Å². The van der Waals surface area contributed by atoms with Crippen LogP contribution in [0.1, 0.15) is 25.2 Å². The Morgan fingerprint density at radius 3 is 2.60 bits per heavy atom. The first-order valence-corrected chi connectivity index (χ1v) is 10.2. The molecule has 0 bridgehead atoms. The molecule has 0 aliphatic carbocycles. The van der Waals surface area contributed by atoms with Crippen LogP contribution in [-0.4, -0.2) is 41.3 Å². The first kappa shape index (κ1) is 20.7. The fraction of sp³-hybridized carbons (Fsp3) is 0.333. The van der Waals surface area contributed by atoms with Gasteiger partial charge in [0.1, 0.15) is 11.5 Å². The maximum absolute atomic E-state index is 12.9. The number of hydrogen-bond donors (Lipinski definition) is 0. The third-order valence-corrected chi connectivity index (χ3v) is 5.72. The van der Waals surface area contributed by atoms with Crippen LogP contribution in [-0.2, 0) is 15.7 Å². The van der Waals surface area contributed by atoms with E-state index in [2.05, 4.69) is 4.99 Å². The molecule has 158 valence electrons. The van der Waals surface area contributed by atoms with Gasteiger partial charge >= 0.3 is 6.18 Å². The van der Waals surface area contributed by atoms with E-state index in [1.54, 1.807) is 24.3 Å². The monoisotopic (exact) mass is 436 g/mol. The minimum absolute atomic E-state index is 0.0419. The van der Waals surface area contributed by atoms with Crippen molar-refractivity contribution in [3.05, 3.63) is 52.6 Å². The molecule has 30 heavy (non-hydrogen) atoms. The molecule has 1 aromatic heterocycles. The number of amidine groups is 1. The fourth-order valence-electron chi connectivity index (χ4n) is 3.43. The van der Waals surface area contributed by atoms with Gasteiger partial charge in [0.15, 0.2) is 5.17 Å². The summed E-state index contributed by atoms with van der Waals surface area (Å²) in [5, 5.41) is 0.623. The minimum Gasteiger partial charge on any atom is -0.457 e. The van der Waals surface area contributed by atoms with Gasteiger partial charge in [0.2, 0.25) is 0 Å². The van der Waals surface area contributed by atoms with Gasteiger partial charge in [0.05, 0.1) is 22.7 Å². The van der Waals surface area contributed by atoms with E-state index in [9.17, 15) is 18.0 Å². The van der Waals surface area contributed by atoms with Crippen molar-refractivity contribution in [3.8, 4) is 11.3 Å². The fourth-order valence-corrected chi connectivity index (χ4v) is 4.34. The predicted molar refractivity (Wildman–Crippen MR) is 109 cm³/mol. The number of furan rings is 1. The number of hydrogen-bond acceptors (Lipinski definition) is 5. The van der Waals surface area contributed by atoms with Crippen LogP contribution < -0.4 is 0 Å². The number of halogens is 3. The highest BCUT2D eigenvalue weighted by Gasteiger charge is 2.32. The molecule has 5 nitrogen and oxygen atoms in total. The Balaban J connectivity index is 1.51. The zero-order valence-electron chi connectivity index (χ0n) is 16.3. The first-order valence-electron chi connectivity index (χ1n) is 9.39. The van der Waals surface area contributed by atoms with Gasteiger partial charge in [-0.3, -0.25) is 4.79 Å². The molecule has 2 atom stereocenters. The summed E-state index contributed by atoms with van der Waals surface area (Å²) in [4.78, 5) is 18.9. The van der Waals surface area contributed by atoms with Crippen molar-refractivity contribution in [2.45, 2.75) is 32.2 Å². The normalized spacial score (nSPS) is 23.9. The van der Waals surface area contributed by atoms with E-state index in [0.29, 0.717) is 40.2 Å². The topological polar surface area (TPSA) is 55.0 Å². The van der Waals surface area contributed by atoms with Crippen molar-refractivity contribution >= 4 is 28.9 Å². The van der Waals surface area contributed by atoms with Gasteiger partial charge in [0.25, 0.3) is 5.91 Å². The van der Waals surface area contributed by atoms with Gasteiger partial charge in [-0.2, -0.15) is 18.2 Å². The van der Waals surface area contributed by atoms with Crippen molar-refractivity contribution in [1.82, 2.24) is 4.90 Å². The van der Waals surface area contributed by atoms with Crippen LogP contribution in [0.15, 0.2) is 50.7 Å². The van der Waals surface area contributed by atoms with Gasteiger partial charge in [-0.25, -0.2) is 0 Å². The lowest BCUT2D eigenvalue weighted by molar-refractivity contribution is -0.137. The molecule has 2 aliphatic heterocycles. The van der Waals surface area contributed by atoms with Crippen LogP contribution in [0.25, 0.3) is 17.4 Å². The molecule has 0 N–H and O–H groups in total. The number of aliphatic imine (C=N–C) groups is 1. The molecular weight excluding hydrogens is 417 g/mol. The summed E-state index contributed by atoms with van der Waals surface area (Å²) < 4.78 is 50.2. The van der Waals surface area contributed by atoms with E-state index in [0.717, 1.165) is 12.1 Å². The molecule has 9 heteroatoms. The van der Waals surface area contributed by atoms with E-state index >= 15 is 0 Å². The number of amides is 1. The van der Waals surface area contributed by atoms with Gasteiger partial charge in [-0.1, -0.05) is 12.1 Å². The van der Waals surface area contributed by atoms with Crippen LogP contribution >= 0.6 is 11.8 Å². The Kier molecular flexibility index (Phi) is 5.50. The maximum Gasteiger partial charge on any atom is 0.416 e. The number of thioether (sulfide) groups is 1. The van der Waals surface area contributed by atoms with Crippen LogP contribution in [0.4, 0.5) is 13.2 Å². The predicted octanol–water partition coefficient (Wildman–Crippen LogP) is 5.04. The van der Waals surface area contributed by atoms with Crippen molar-refractivity contribution in [2.24, 2.45) is 4.99 Å². The molecular formula is C21H19F3N2O3S. The Morgan fingerprint density at radius 2 is 1.90 bits per heavy atom. The number of carbonyl (C=O) groups is 1. The summed E-state index contributed by atoms with van der Waals surface area (Å²) in [6.07, 6.45) is -2.78. The maximum atomic E-state index is 12.9. The summed E-state index contributed by atoms with van der Waals surface area (Å²) in [6.45, 7) is 5.24. The van der Waals surface area contributed by atoms with E-state index in [1.165, 1.54) is 17.8 Å². The molecule has 0 radical (unpaired) electrons.